The van der Waals surface area contributed by atoms with Crippen molar-refractivity contribution in [2.45, 2.75) is 26.2 Å². The fourth-order valence-corrected chi connectivity index (χ4v) is 7.74. The number of anilines is 3. The van der Waals surface area contributed by atoms with Gasteiger partial charge in [-0.2, -0.15) is 0 Å². The Morgan fingerprint density at radius 3 is 1.67 bits per heavy atom. The van der Waals surface area contributed by atoms with Gasteiger partial charge >= 0.3 is 0 Å². The van der Waals surface area contributed by atoms with Crippen LogP contribution in [0.1, 0.15) is 26.3 Å². The maximum absolute atomic E-state index is 6.63. The second-order valence-electron chi connectivity index (χ2n) is 14.6. The van der Waals surface area contributed by atoms with Gasteiger partial charge in [-0.15, -0.1) is 0 Å². The van der Waals surface area contributed by atoms with E-state index in [1.807, 2.05) is 6.07 Å². The third kappa shape index (κ3) is 5.63. The molecule has 0 unspecified atom stereocenters. The third-order valence-corrected chi connectivity index (χ3v) is 10.1. The lowest BCUT2D eigenvalue weighted by molar-refractivity contribution is 0.568. The molecule has 0 spiro atoms. The van der Waals surface area contributed by atoms with Crippen LogP contribution in [-0.4, -0.2) is 0 Å². The number of rotatable bonds is 6. The Bertz CT molecular complexity index is 2700. The summed E-state index contributed by atoms with van der Waals surface area (Å²) in [5, 5.41) is 6.23. The standard InChI is InChI=1S/C50H39NO/c1-50(2,3)48-45-22-11-12-23-47(45)52-49(48)38-17-13-18-41(32-38)51(39-28-24-35(25-29-39)34-14-5-4-6-15-34)40-30-26-36(27-31-40)46-33-37-16-7-8-19-42(37)43-20-9-10-21-44(43)46/h4-33H,1-3H3. The minimum Gasteiger partial charge on any atom is -0.456 e. The van der Waals surface area contributed by atoms with E-state index in [1.54, 1.807) is 0 Å². The number of hydrogen-bond acceptors (Lipinski definition) is 2. The minimum atomic E-state index is -0.104. The first-order chi connectivity index (χ1) is 25.4. The van der Waals surface area contributed by atoms with Crippen molar-refractivity contribution in [3.05, 3.63) is 188 Å². The molecule has 8 aromatic carbocycles. The molecule has 9 rings (SSSR count). The molecule has 0 amide bonds. The van der Waals surface area contributed by atoms with Crippen molar-refractivity contribution in [2.75, 3.05) is 4.90 Å². The van der Waals surface area contributed by atoms with Gasteiger partial charge in [-0.05, 0) is 97.7 Å². The molecule has 2 heteroatoms. The molecule has 0 radical (unpaired) electrons. The molecule has 250 valence electrons. The first-order valence-electron chi connectivity index (χ1n) is 18.0. The van der Waals surface area contributed by atoms with Gasteiger partial charge in [0, 0.05) is 33.6 Å². The molecule has 0 saturated heterocycles. The number of fused-ring (bicyclic) bond motifs is 4. The van der Waals surface area contributed by atoms with Crippen LogP contribution in [0.2, 0.25) is 0 Å². The van der Waals surface area contributed by atoms with Gasteiger partial charge in [0.15, 0.2) is 0 Å². The smallest absolute Gasteiger partial charge is 0.139 e. The summed E-state index contributed by atoms with van der Waals surface area (Å²) < 4.78 is 6.63. The Hall–Kier alpha value is -6.38. The SMILES string of the molecule is CC(C)(C)c1c(-c2cccc(N(c3ccc(-c4ccccc4)cc3)c3ccc(-c4cc5ccccc5c5ccccc45)cc3)c2)oc2ccccc12. The molecule has 0 atom stereocenters. The maximum atomic E-state index is 6.63. The molecule has 1 aromatic heterocycles. The highest BCUT2D eigenvalue weighted by Gasteiger charge is 2.26. The van der Waals surface area contributed by atoms with Crippen LogP contribution in [0.3, 0.4) is 0 Å². The van der Waals surface area contributed by atoms with Crippen LogP contribution in [0.25, 0.3) is 66.1 Å². The highest BCUT2D eigenvalue weighted by Crippen LogP contribution is 2.44. The van der Waals surface area contributed by atoms with Crippen LogP contribution in [0.4, 0.5) is 17.1 Å². The molecule has 0 N–H and O–H groups in total. The van der Waals surface area contributed by atoms with Crippen molar-refractivity contribution < 1.29 is 4.42 Å². The summed E-state index contributed by atoms with van der Waals surface area (Å²) in [6.45, 7) is 6.79. The molecule has 2 nitrogen and oxygen atoms in total. The molecule has 0 aliphatic rings. The van der Waals surface area contributed by atoms with Crippen molar-refractivity contribution in [2.24, 2.45) is 0 Å². The topological polar surface area (TPSA) is 16.4 Å². The van der Waals surface area contributed by atoms with Crippen LogP contribution in [0.5, 0.6) is 0 Å². The molecule has 0 aliphatic heterocycles. The second-order valence-corrected chi connectivity index (χ2v) is 14.6. The largest absolute Gasteiger partial charge is 0.456 e. The molecule has 9 aromatic rings. The highest BCUT2D eigenvalue weighted by molar-refractivity contribution is 6.13. The molecule has 0 bridgehead atoms. The van der Waals surface area contributed by atoms with E-state index in [2.05, 4.69) is 202 Å². The lowest BCUT2D eigenvalue weighted by Crippen LogP contribution is -2.12. The fourth-order valence-electron chi connectivity index (χ4n) is 7.74. The Balaban J connectivity index is 1.18. The molecule has 1 heterocycles. The van der Waals surface area contributed by atoms with Gasteiger partial charge in [0.05, 0.1) is 0 Å². The predicted molar refractivity (Wildman–Crippen MR) is 221 cm³/mol. The van der Waals surface area contributed by atoms with E-state index in [-0.39, 0.29) is 5.41 Å². The van der Waals surface area contributed by atoms with Gasteiger partial charge in [-0.25, -0.2) is 0 Å². The number of para-hydroxylation sites is 1. The maximum Gasteiger partial charge on any atom is 0.139 e. The highest BCUT2D eigenvalue weighted by atomic mass is 16.3. The zero-order chi connectivity index (χ0) is 35.2. The molecule has 52 heavy (non-hydrogen) atoms. The summed E-state index contributed by atoms with van der Waals surface area (Å²) in [6, 6.07) is 65.3. The van der Waals surface area contributed by atoms with Gasteiger partial charge in [0.25, 0.3) is 0 Å². The van der Waals surface area contributed by atoms with E-state index in [0.29, 0.717) is 0 Å². The zero-order valence-corrected chi connectivity index (χ0v) is 29.7. The van der Waals surface area contributed by atoms with E-state index in [4.69, 9.17) is 4.42 Å². The van der Waals surface area contributed by atoms with E-state index in [1.165, 1.54) is 54.7 Å². The van der Waals surface area contributed by atoms with Gasteiger partial charge in [0.1, 0.15) is 11.3 Å². The van der Waals surface area contributed by atoms with Gasteiger partial charge in [-0.3, -0.25) is 0 Å². The summed E-state index contributed by atoms with van der Waals surface area (Å²) in [6.07, 6.45) is 0. The number of benzene rings is 8. The summed E-state index contributed by atoms with van der Waals surface area (Å²) in [5.41, 5.74) is 11.1. The van der Waals surface area contributed by atoms with Crippen LogP contribution in [0, 0.1) is 0 Å². The second kappa shape index (κ2) is 12.7. The number of furan rings is 1. The van der Waals surface area contributed by atoms with Crippen molar-refractivity contribution in [1.82, 2.24) is 0 Å². The lowest BCUT2D eigenvalue weighted by Gasteiger charge is -2.27. The summed E-state index contributed by atoms with van der Waals surface area (Å²) in [4.78, 5) is 2.35. The van der Waals surface area contributed by atoms with Crippen LogP contribution in [0.15, 0.2) is 186 Å². The monoisotopic (exact) mass is 669 g/mol. The lowest BCUT2D eigenvalue weighted by atomic mass is 9.83. The molecule has 0 fully saturated rings. The summed E-state index contributed by atoms with van der Waals surface area (Å²) in [7, 11) is 0. The molecule has 0 aliphatic carbocycles. The van der Waals surface area contributed by atoms with Gasteiger partial charge in [-0.1, -0.05) is 154 Å². The van der Waals surface area contributed by atoms with Crippen LogP contribution < -0.4 is 4.90 Å². The summed E-state index contributed by atoms with van der Waals surface area (Å²) in [5.74, 6) is 0.924. The third-order valence-electron chi connectivity index (χ3n) is 10.1. The number of hydrogen-bond donors (Lipinski definition) is 0. The van der Waals surface area contributed by atoms with E-state index in [9.17, 15) is 0 Å². The minimum absolute atomic E-state index is 0.104. The Kier molecular flexibility index (Phi) is 7.74. The first kappa shape index (κ1) is 31.6. The molecular formula is C50H39NO. The zero-order valence-electron chi connectivity index (χ0n) is 29.7. The molecular weight excluding hydrogens is 631 g/mol. The quantitative estimate of drug-likeness (QED) is 0.164. The number of nitrogens with zero attached hydrogens (tertiary/aromatic N) is 1. The Morgan fingerprint density at radius 1 is 0.404 bits per heavy atom. The average Bonchev–Trinajstić information content (AvgIpc) is 3.60. The van der Waals surface area contributed by atoms with E-state index in [0.717, 1.165) is 34.0 Å². The fraction of sp³-hybridized carbons (Fsp3) is 0.0800. The van der Waals surface area contributed by atoms with Crippen molar-refractivity contribution >= 4 is 49.6 Å². The first-order valence-corrected chi connectivity index (χ1v) is 18.0. The van der Waals surface area contributed by atoms with Gasteiger partial charge in [0.2, 0.25) is 0 Å². The Labute approximate surface area is 305 Å². The normalized spacial score (nSPS) is 11.8. The van der Waals surface area contributed by atoms with Crippen LogP contribution in [-0.2, 0) is 5.41 Å². The summed E-state index contributed by atoms with van der Waals surface area (Å²) >= 11 is 0. The van der Waals surface area contributed by atoms with Crippen molar-refractivity contribution in [3.8, 4) is 33.6 Å². The predicted octanol–water partition coefficient (Wildman–Crippen LogP) is 14.5. The van der Waals surface area contributed by atoms with Gasteiger partial charge < -0.3 is 9.32 Å². The molecule has 0 saturated carbocycles. The van der Waals surface area contributed by atoms with Crippen molar-refractivity contribution in [3.63, 3.8) is 0 Å². The van der Waals surface area contributed by atoms with E-state index >= 15 is 0 Å². The van der Waals surface area contributed by atoms with Crippen LogP contribution >= 0.6 is 0 Å². The average molecular weight is 670 g/mol. The van der Waals surface area contributed by atoms with E-state index < -0.39 is 0 Å². The Morgan fingerprint density at radius 2 is 0.962 bits per heavy atom. The van der Waals surface area contributed by atoms with Crippen molar-refractivity contribution in [1.29, 1.82) is 0 Å².